The molecule has 1 atom stereocenters. The molecule has 30 heavy (non-hydrogen) atoms. The van der Waals surface area contributed by atoms with Gasteiger partial charge in [-0.2, -0.15) is 0 Å². The summed E-state index contributed by atoms with van der Waals surface area (Å²) in [5, 5.41) is 0. The number of nitrogens with zero attached hydrogens (tertiary/aromatic N) is 3. The van der Waals surface area contributed by atoms with Gasteiger partial charge < -0.3 is 14.4 Å². The van der Waals surface area contributed by atoms with Gasteiger partial charge in [-0.1, -0.05) is 6.07 Å². The zero-order valence-corrected chi connectivity index (χ0v) is 18.0. The molecule has 0 spiro atoms. The minimum Gasteiger partial charge on any atom is -0.497 e. The number of piperazine rings is 1. The zero-order valence-electron chi connectivity index (χ0n) is 18.0. The fourth-order valence-corrected chi connectivity index (χ4v) is 4.64. The molecule has 0 aromatic heterocycles. The molecule has 2 aromatic carbocycles. The quantitative estimate of drug-likeness (QED) is 0.721. The van der Waals surface area contributed by atoms with E-state index in [1.165, 1.54) is 24.6 Å². The van der Waals surface area contributed by atoms with Crippen molar-refractivity contribution in [1.29, 1.82) is 0 Å². The Bertz CT molecular complexity index is 822. The largest absolute Gasteiger partial charge is 0.497 e. The van der Waals surface area contributed by atoms with Crippen molar-refractivity contribution in [3.05, 3.63) is 53.8 Å². The van der Waals surface area contributed by atoms with Crippen LogP contribution in [0.1, 0.15) is 18.4 Å². The van der Waals surface area contributed by atoms with E-state index in [-0.39, 0.29) is 5.82 Å². The molecule has 0 N–H and O–H groups in total. The lowest BCUT2D eigenvalue weighted by Gasteiger charge is -2.44. The normalized spacial score (nSPS) is 20.9. The number of hydrogen-bond donors (Lipinski definition) is 0. The van der Waals surface area contributed by atoms with Crippen LogP contribution < -0.4 is 14.4 Å². The van der Waals surface area contributed by atoms with Crippen LogP contribution in [-0.4, -0.2) is 69.3 Å². The minimum absolute atomic E-state index is 0.176. The second-order valence-electron chi connectivity index (χ2n) is 8.21. The smallest absolute Gasteiger partial charge is 0.131 e. The molecule has 0 bridgehead atoms. The Morgan fingerprint density at radius 1 is 0.900 bits per heavy atom. The van der Waals surface area contributed by atoms with Gasteiger partial charge in [0.15, 0.2) is 0 Å². The maximum atomic E-state index is 14.4. The Kier molecular flexibility index (Phi) is 6.75. The summed E-state index contributed by atoms with van der Waals surface area (Å²) < 4.78 is 24.7. The van der Waals surface area contributed by atoms with E-state index in [1.54, 1.807) is 14.2 Å². The topological polar surface area (TPSA) is 28.2 Å². The molecule has 1 unspecified atom stereocenters. The minimum atomic E-state index is -0.176. The van der Waals surface area contributed by atoms with E-state index in [0.717, 1.165) is 50.6 Å². The lowest BCUT2D eigenvalue weighted by Crippen LogP contribution is -2.55. The summed E-state index contributed by atoms with van der Waals surface area (Å²) >= 11 is 0. The Morgan fingerprint density at radius 2 is 1.60 bits per heavy atom. The van der Waals surface area contributed by atoms with Crippen LogP contribution in [0, 0.1) is 5.82 Å². The predicted octanol–water partition coefficient (Wildman–Crippen LogP) is 3.63. The maximum absolute atomic E-state index is 14.4. The van der Waals surface area contributed by atoms with E-state index < -0.39 is 0 Å². The van der Waals surface area contributed by atoms with E-state index >= 15 is 0 Å². The van der Waals surface area contributed by atoms with Gasteiger partial charge in [0.2, 0.25) is 0 Å². The van der Waals surface area contributed by atoms with E-state index in [1.807, 2.05) is 24.3 Å². The first kappa shape index (κ1) is 20.9. The average Bonchev–Trinajstić information content (AvgIpc) is 2.81. The number of piperidine rings is 1. The van der Waals surface area contributed by atoms with E-state index in [9.17, 15) is 4.39 Å². The van der Waals surface area contributed by atoms with Gasteiger partial charge >= 0.3 is 0 Å². The fourth-order valence-electron chi connectivity index (χ4n) is 4.64. The van der Waals surface area contributed by atoms with Gasteiger partial charge in [0, 0.05) is 62.6 Å². The van der Waals surface area contributed by atoms with Crippen LogP contribution >= 0.6 is 0 Å². The number of ether oxygens (including phenoxy) is 2. The average molecular weight is 414 g/mol. The summed E-state index contributed by atoms with van der Waals surface area (Å²) in [7, 11) is 3.27. The first-order valence-electron chi connectivity index (χ1n) is 10.8. The number of rotatable bonds is 6. The molecule has 2 aromatic rings. The van der Waals surface area contributed by atoms with Crippen LogP contribution in [0.3, 0.4) is 0 Å². The SMILES string of the molecule is COc1ccc(N2CCN(C3CCCN(Cc4ccc(OC)cc4F)C3)CC2)cc1. The molecule has 2 heterocycles. The van der Waals surface area contributed by atoms with E-state index in [0.29, 0.717) is 18.3 Å². The third-order valence-corrected chi connectivity index (χ3v) is 6.40. The molecule has 2 aliphatic rings. The van der Waals surface area contributed by atoms with Gasteiger partial charge in [-0.15, -0.1) is 0 Å². The Morgan fingerprint density at radius 3 is 2.27 bits per heavy atom. The summed E-state index contributed by atoms with van der Waals surface area (Å²) in [4.78, 5) is 7.47. The molecule has 2 saturated heterocycles. The Hall–Kier alpha value is -2.31. The van der Waals surface area contributed by atoms with Crippen molar-refractivity contribution in [1.82, 2.24) is 9.80 Å². The van der Waals surface area contributed by atoms with Gasteiger partial charge in [0.1, 0.15) is 17.3 Å². The van der Waals surface area contributed by atoms with Crippen molar-refractivity contribution in [2.75, 3.05) is 58.4 Å². The molecular formula is C24H32FN3O2. The van der Waals surface area contributed by atoms with Gasteiger partial charge in [-0.05, 0) is 49.7 Å². The molecule has 2 aliphatic heterocycles. The first-order chi connectivity index (χ1) is 14.7. The van der Waals surface area contributed by atoms with Gasteiger partial charge in [0.25, 0.3) is 0 Å². The third kappa shape index (κ3) is 4.87. The van der Waals surface area contributed by atoms with Crippen LogP contribution in [0.2, 0.25) is 0 Å². The summed E-state index contributed by atoms with van der Waals surface area (Å²) in [6, 6.07) is 14.1. The van der Waals surface area contributed by atoms with Crippen LogP contribution in [-0.2, 0) is 6.54 Å². The molecule has 0 saturated carbocycles. The second kappa shape index (κ2) is 9.67. The van der Waals surface area contributed by atoms with Crippen LogP contribution in [0.4, 0.5) is 10.1 Å². The highest BCUT2D eigenvalue weighted by Crippen LogP contribution is 2.24. The summed E-state index contributed by atoms with van der Waals surface area (Å²) in [6.07, 6.45) is 2.39. The lowest BCUT2D eigenvalue weighted by molar-refractivity contribution is 0.0881. The third-order valence-electron chi connectivity index (χ3n) is 6.40. The van der Waals surface area contributed by atoms with Crippen molar-refractivity contribution < 1.29 is 13.9 Å². The van der Waals surface area contributed by atoms with Crippen molar-refractivity contribution in [2.45, 2.75) is 25.4 Å². The number of halogens is 1. The summed E-state index contributed by atoms with van der Waals surface area (Å²) in [6.45, 7) is 6.93. The number of anilines is 1. The highest BCUT2D eigenvalue weighted by atomic mass is 19.1. The highest BCUT2D eigenvalue weighted by molar-refractivity contribution is 5.49. The second-order valence-corrected chi connectivity index (χ2v) is 8.21. The van der Waals surface area contributed by atoms with Crippen molar-refractivity contribution in [3.8, 4) is 11.5 Å². The van der Waals surface area contributed by atoms with Crippen LogP contribution in [0.5, 0.6) is 11.5 Å². The summed E-state index contributed by atoms with van der Waals surface area (Å²) in [5.74, 6) is 1.29. The molecule has 6 heteroatoms. The summed E-state index contributed by atoms with van der Waals surface area (Å²) in [5.41, 5.74) is 2.01. The zero-order chi connectivity index (χ0) is 20.9. The number of hydrogen-bond acceptors (Lipinski definition) is 5. The molecule has 0 amide bonds. The standard InChI is InChI=1S/C24H32FN3O2/c1-29-22-9-6-20(7-10-22)27-12-14-28(15-13-27)21-4-3-11-26(18-21)17-19-5-8-23(30-2)16-24(19)25/h5-10,16,21H,3-4,11-15,17-18H2,1-2H3. The molecule has 162 valence electrons. The van der Waals surface area contributed by atoms with Crippen LogP contribution in [0.25, 0.3) is 0 Å². The van der Waals surface area contributed by atoms with Crippen molar-refractivity contribution in [3.63, 3.8) is 0 Å². The number of benzene rings is 2. The Balaban J connectivity index is 1.30. The monoisotopic (exact) mass is 413 g/mol. The molecule has 2 fully saturated rings. The van der Waals surface area contributed by atoms with Crippen molar-refractivity contribution >= 4 is 5.69 Å². The molecule has 4 rings (SSSR count). The van der Waals surface area contributed by atoms with Crippen molar-refractivity contribution in [2.24, 2.45) is 0 Å². The van der Waals surface area contributed by atoms with Gasteiger partial charge in [0.05, 0.1) is 14.2 Å². The molecule has 0 radical (unpaired) electrons. The number of methoxy groups -OCH3 is 2. The lowest BCUT2D eigenvalue weighted by atomic mass is 10.0. The molecule has 5 nitrogen and oxygen atoms in total. The highest BCUT2D eigenvalue weighted by Gasteiger charge is 2.28. The van der Waals surface area contributed by atoms with Gasteiger partial charge in [-0.3, -0.25) is 9.80 Å². The maximum Gasteiger partial charge on any atom is 0.131 e. The van der Waals surface area contributed by atoms with Crippen LogP contribution in [0.15, 0.2) is 42.5 Å². The Labute approximate surface area is 179 Å². The van der Waals surface area contributed by atoms with E-state index in [2.05, 4.69) is 26.8 Å². The predicted molar refractivity (Wildman–Crippen MR) is 118 cm³/mol. The number of likely N-dealkylation sites (tertiary alicyclic amines) is 1. The fraction of sp³-hybridized carbons (Fsp3) is 0.500. The molecule has 0 aliphatic carbocycles. The van der Waals surface area contributed by atoms with E-state index in [4.69, 9.17) is 9.47 Å². The van der Waals surface area contributed by atoms with Gasteiger partial charge in [-0.25, -0.2) is 4.39 Å². The first-order valence-corrected chi connectivity index (χ1v) is 10.8. The molecular weight excluding hydrogens is 381 g/mol.